The molecule has 0 unspecified atom stereocenters. The first-order valence-electron chi connectivity index (χ1n) is 9.09. The summed E-state index contributed by atoms with van der Waals surface area (Å²) in [6.45, 7) is 6.78. The lowest BCUT2D eigenvalue weighted by Crippen LogP contribution is -2.30. The zero-order chi connectivity index (χ0) is 22.4. The van der Waals surface area contributed by atoms with Crippen LogP contribution in [0.4, 0.5) is 5.00 Å². The van der Waals surface area contributed by atoms with Crippen LogP contribution in [0.25, 0.3) is 0 Å². The Morgan fingerprint density at radius 3 is 2.33 bits per heavy atom. The molecule has 0 radical (unpaired) electrons. The molecular weight excluding hydrogens is 453 g/mol. The van der Waals surface area contributed by atoms with Crippen molar-refractivity contribution < 1.29 is 28.6 Å². The van der Waals surface area contributed by atoms with Gasteiger partial charge in [0.05, 0.1) is 23.8 Å². The van der Waals surface area contributed by atoms with Crippen LogP contribution in [0.3, 0.4) is 0 Å². The molecule has 30 heavy (non-hydrogen) atoms. The van der Waals surface area contributed by atoms with Crippen LogP contribution >= 0.6 is 34.5 Å². The molecular formula is C20H21Cl2NO6S. The molecule has 0 saturated carbocycles. The van der Waals surface area contributed by atoms with E-state index in [-0.39, 0.29) is 39.4 Å². The van der Waals surface area contributed by atoms with Crippen LogP contribution in [0.5, 0.6) is 5.75 Å². The average molecular weight is 474 g/mol. The van der Waals surface area contributed by atoms with Gasteiger partial charge in [0, 0.05) is 5.02 Å². The van der Waals surface area contributed by atoms with Crippen LogP contribution in [0.2, 0.25) is 10.0 Å². The monoisotopic (exact) mass is 473 g/mol. The second-order valence-corrected chi connectivity index (χ2v) is 7.89. The molecule has 0 spiro atoms. The number of rotatable bonds is 8. The van der Waals surface area contributed by atoms with Crippen LogP contribution < -0.4 is 10.1 Å². The number of benzene rings is 1. The van der Waals surface area contributed by atoms with E-state index in [9.17, 15) is 14.4 Å². The van der Waals surface area contributed by atoms with Gasteiger partial charge in [-0.2, -0.15) is 0 Å². The van der Waals surface area contributed by atoms with Gasteiger partial charge in [0.2, 0.25) is 0 Å². The van der Waals surface area contributed by atoms with Crippen LogP contribution in [0.15, 0.2) is 18.2 Å². The lowest BCUT2D eigenvalue weighted by atomic mass is 10.1. The van der Waals surface area contributed by atoms with E-state index in [1.165, 1.54) is 13.0 Å². The molecule has 1 aromatic carbocycles. The van der Waals surface area contributed by atoms with Crippen LogP contribution in [-0.4, -0.2) is 37.2 Å². The van der Waals surface area contributed by atoms with Crippen LogP contribution in [0.1, 0.15) is 46.4 Å². The molecule has 0 aliphatic carbocycles. The molecule has 0 fully saturated rings. The van der Waals surface area contributed by atoms with Gasteiger partial charge in [-0.3, -0.25) is 4.79 Å². The summed E-state index contributed by atoms with van der Waals surface area (Å²) in [6, 6.07) is 4.63. The number of nitrogens with one attached hydrogen (secondary N) is 1. The van der Waals surface area contributed by atoms with Crippen molar-refractivity contribution in [3.8, 4) is 5.75 Å². The Morgan fingerprint density at radius 1 is 1.10 bits per heavy atom. The smallest absolute Gasteiger partial charge is 0.348 e. The van der Waals surface area contributed by atoms with Gasteiger partial charge in [-0.15, -0.1) is 11.3 Å². The van der Waals surface area contributed by atoms with E-state index in [2.05, 4.69) is 5.32 Å². The Bertz CT molecular complexity index is 959. The third-order valence-corrected chi connectivity index (χ3v) is 5.61. The zero-order valence-corrected chi connectivity index (χ0v) is 19.2. The summed E-state index contributed by atoms with van der Waals surface area (Å²) in [5.41, 5.74) is 0.483. The van der Waals surface area contributed by atoms with Crippen LogP contribution in [0, 0.1) is 6.92 Å². The SMILES string of the molecule is CCOC(=O)c1sc(NC(=O)[C@H](C)Oc2ccc(Cl)cc2Cl)c(C(=O)OCC)c1C. The number of carbonyl (C=O) groups excluding carboxylic acids is 3. The maximum Gasteiger partial charge on any atom is 0.348 e. The van der Waals surface area contributed by atoms with E-state index in [0.29, 0.717) is 10.6 Å². The Hall–Kier alpha value is -2.29. The second-order valence-electron chi connectivity index (χ2n) is 6.03. The molecule has 0 aliphatic heterocycles. The fourth-order valence-electron chi connectivity index (χ4n) is 2.47. The Labute approximate surface area is 188 Å². The number of carbonyl (C=O) groups is 3. The van der Waals surface area contributed by atoms with Crippen molar-refractivity contribution in [2.24, 2.45) is 0 Å². The van der Waals surface area contributed by atoms with E-state index < -0.39 is 23.9 Å². The summed E-state index contributed by atoms with van der Waals surface area (Å²) in [6.07, 6.45) is -0.952. The molecule has 1 heterocycles. The van der Waals surface area contributed by atoms with Crippen molar-refractivity contribution in [2.45, 2.75) is 33.8 Å². The van der Waals surface area contributed by atoms with Gasteiger partial charge >= 0.3 is 11.9 Å². The first-order valence-corrected chi connectivity index (χ1v) is 10.7. The number of amides is 1. The highest BCUT2D eigenvalue weighted by Crippen LogP contribution is 2.35. The molecule has 2 aromatic rings. The number of esters is 2. The standard InChI is InChI=1S/C20H21Cl2NO6S/c1-5-27-19(25)15-10(3)16(20(26)28-6-2)30-18(15)23-17(24)11(4)29-14-8-7-12(21)9-13(14)22/h7-9,11H,5-6H2,1-4H3,(H,23,24)/t11-/m0/s1. The number of ether oxygens (including phenoxy) is 3. The van der Waals surface area contributed by atoms with E-state index in [0.717, 1.165) is 11.3 Å². The average Bonchev–Trinajstić information content (AvgIpc) is 3.00. The van der Waals surface area contributed by atoms with E-state index in [4.69, 9.17) is 37.4 Å². The zero-order valence-electron chi connectivity index (χ0n) is 16.8. The topological polar surface area (TPSA) is 90.9 Å². The lowest BCUT2D eigenvalue weighted by molar-refractivity contribution is -0.122. The fraction of sp³-hybridized carbons (Fsp3) is 0.350. The molecule has 162 valence electrons. The minimum atomic E-state index is -0.952. The molecule has 1 aromatic heterocycles. The van der Waals surface area contributed by atoms with E-state index in [1.807, 2.05) is 0 Å². The van der Waals surface area contributed by atoms with Gasteiger partial charge in [-0.25, -0.2) is 9.59 Å². The van der Waals surface area contributed by atoms with Crippen molar-refractivity contribution in [3.63, 3.8) is 0 Å². The summed E-state index contributed by atoms with van der Waals surface area (Å²) in [5, 5.41) is 3.50. The van der Waals surface area contributed by atoms with Crippen molar-refractivity contribution >= 4 is 57.4 Å². The normalized spacial score (nSPS) is 11.5. The molecule has 1 amide bonds. The summed E-state index contributed by atoms with van der Waals surface area (Å²) >= 11 is 12.9. The third-order valence-electron chi connectivity index (χ3n) is 3.89. The lowest BCUT2D eigenvalue weighted by Gasteiger charge is -2.15. The highest BCUT2D eigenvalue weighted by molar-refractivity contribution is 7.18. The second kappa shape index (κ2) is 10.7. The number of hydrogen-bond donors (Lipinski definition) is 1. The molecule has 0 saturated heterocycles. The highest BCUT2D eigenvalue weighted by atomic mass is 35.5. The third kappa shape index (κ3) is 5.65. The Morgan fingerprint density at radius 2 is 1.73 bits per heavy atom. The van der Waals surface area contributed by atoms with Gasteiger partial charge in [0.1, 0.15) is 15.6 Å². The van der Waals surface area contributed by atoms with E-state index in [1.54, 1.807) is 32.9 Å². The largest absolute Gasteiger partial charge is 0.479 e. The summed E-state index contributed by atoms with van der Waals surface area (Å²) in [4.78, 5) is 37.5. The molecule has 7 nitrogen and oxygen atoms in total. The summed E-state index contributed by atoms with van der Waals surface area (Å²) < 4.78 is 15.7. The maximum absolute atomic E-state index is 12.7. The van der Waals surface area contributed by atoms with Crippen molar-refractivity contribution in [1.82, 2.24) is 0 Å². The van der Waals surface area contributed by atoms with Crippen molar-refractivity contribution in [1.29, 1.82) is 0 Å². The summed E-state index contributed by atoms with van der Waals surface area (Å²) in [7, 11) is 0. The van der Waals surface area contributed by atoms with Gasteiger partial charge in [-0.05, 0) is 51.5 Å². The molecule has 10 heteroatoms. The molecule has 2 rings (SSSR count). The van der Waals surface area contributed by atoms with Crippen molar-refractivity contribution in [3.05, 3.63) is 44.2 Å². The van der Waals surface area contributed by atoms with Crippen molar-refractivity contribution in [2.75, 3.05) is 18.5 Å². The quantitative estimate of drug-likeness (QED) is 0.534. The molecule has 1 atom stereocenters. The predicted molar refractivity (Wildman–Crippen MR) is 116 cm³/mol. The summed E-state index contributed by atoms with van der Waals surface area (Å²) in [5.74, 6) is -1.48. The first-order chi connectivity index (χ1) is 14.2. The number of thiophene rings is 1. The number of hydrogen-bond acceptors (Lipinski definition) is 7. The molecule has 0 aliphatic rings. The van der Waals surface area contributed by atoms with Crippen LogP contribution in [-0.2, 0) is 14.3 Å². The minimum Gasteiger partial charge on any atom is -0.479 e. The Kier molecular flexibility index (Phi) is 8.52. The fourth-order valence-corrected chi connectivity index (χ4v) is 4.01. The highest BCUT2D eigenvalue weighted by Gasteiger charge is 2.28. The van der Waals surface area contributed by atoms with Gasteiger partial charge < -0.3 is 19.5 Å². The van der Waals surface area contributed by atoms with Gasteiger partial charge in [-0.1, -0.05) is 23.2 Å². The molecule has 0 bridgehead atoms. The maximum atomic E-state index is 12.7. The molecule has 1 N–H and O–H groups in total. The van der Waals surface area contributed by atoms with Gasteiger partial charge in [0.15, 0.2) is 6.10 Å². The first kappa shape index (κ1) is 24.0. The number of anilines is 1. The van der Waals surface area contributed by atoms with E-state index >= 15 is 0 Å². The Balaban J connectivity index is 2.28. The minimum absolute atomic E-state index is 0.106. The number of halogens is 2. The predicted octanol–water partition coefficient (Wildman–Crippen LogP) is 5.12. The van der Waals surface area contributed by atoms with Gasteiger partial charge in [0.25, 0.3) is 5.91 Å².